The Morgan fingerprint density at radius 2 is 2.22 bits per heavy atom. The van der Waals surface area contributed by atoms with E-state index in [0.29, 0.717) is 0 Å². The Kier molecular flexibility index (Phi) is 3.60. The molecule has 2 fully saturated rings. The molecule has 0 radical (unpaired) electrons. The van der Waals surface area contributed by atoms with Crippen LogP contribution in [-0.2, 0) is 5.33 Å². The Hall–Kier alpha value is -0.570. The standard InChI is InChI=1S/C15H21BrN2/c1-18(15-5-3-12(8-16)9-17-15)10-14-7-11-2-4-13(14)6-11/h3,5,9,11,13-14H,2,4,6-8,10H2,1H3. The molecule has 0 aromatic carbocycles. The number of aromatic nitrogens is 1. The number of rotatable bonds is 4. The minimum Gasteiger partial charge on any atom is -0.359 e. The van der Waals surface area contributed by atoms with E-state index >= 15 is 0 Å². The number of pyridine rings is 1. The Balaban J connectivity index is 1.62. The molecule has 1 heterocycles. The van der Waals surface area contributed by atoms with E-state index in [1.54, 1.807) is 0 Å². The van der Waals surface area contributed by atoms with Gasteiger partial charge in [0.05, 0.1) is 0 Å². The zero-order valence-corrected chi connectivity index (χ0v) is 12.6. The summed E-state index contributed by atoms with van der Waals surface area (Å²) in [5.41, 5.74) is 1.24. The van der Waals surface area contributed by atoms with Gasteiger partial charge in [-0.25, -0.2) is 4.98 Å². The molecular formula is C15H21BrN2. The first-order valence-electron chi connectivity index (χ1n) is 6.98. The molecule has 2 bridgehead atoms. The molecule has 3 rings (SSSR count). The quantitative estimate of drug-likeness (QED) is 0.785. The van der Waals surface area contributed by atoms with Crippen LogP contribution in [0.3, 0.4) is 0 Å². The minimum absolute atomic E-state index is 0.885. The van der Waals surface area contributed by atoms with E-state index < -0.39 is 0 Å². The summed E-state index contributed by atoms with van der Waals surface area (Å²) in [5, 5.41) is 0.885. The van der Waals surface area contributed by atoms with Crippen LogP contribution in [0.2, 0.25) is 0 Å². The van der Waals surface area contributed by atoms with Gasteiger partial charge in [0, 0.05) is 25.1 Å². The lowest BCUT2D eigenvalue weighted by Gasteiger charge is -2.27. The molecule has 1 aromatic heterocycles. The van der Waals surface area contributed by atoms with Crippen LogP contribution in [0, 0.1) is 17.8 Å². The lowest BCUT2D eigenvalue weighted by molar-refractivity contribution is 0.337. The highest BCUT2D eigenvalue weighted by atomic mass is 79.9. The fourth-order valence-corrected chi connectivity index (χ4v) is 4.10. The average molecular weight is 309 g/mol. The number of fused-ring (bicyclic) bond motifs is 2. The maximum atomic E-state index is 4.55. The fourth-order valence-electron chi connectivity index (χ4n) is 3.77. The van der Waals surface area contributed by atoms with Gasteiger partial charge in [-0.1, -0.05) is 28.4 Å². The van der Waals surface area contributed by atoms with Crippen molar-refractivity contribution in [1.29, 1.82) is 0 Å². The normalized spacial score (nSPS) is 29.8. The van der Waals surface area contributed by atoms with Crippen LogP contribution in [-0.4, -0.2) is 18.6 Å². The summed E-state index contributed by atoms with van der Waals surface area (Å²) in [7, 11) is 2.18. The van der Waals surface area contributed by atoms with Gasteiger partial charge in [-0.05, 0) is 48.6 Å². The van der Waals surface area contributed by atoms with Gasteiger partial charge in [0.2, 0.25) is 0 Å². The number of nitrogens with zero attached hydrogens (tertiary/aromatic N) is 2. The van der Waals surface area contributed by atoms with Crippen molar-refractivity contribution in [2.75, 3.05) is 18.5 Å². The molecule has 2 saturated carbocycles. The third-order valence-corrected chi connectivity index (χ3v) is 5.39. The molecule has 0 aliphatic heterocycles. The number of alkyl halides is 1. The Morgan fingerprint density at radius 3 is 2.78 bits per heavy atom. The average Bonchev–Trinajstić information content (AvgIpc) is 3.01. The molecule has 98 valence electrons. The van der Waals surface area contributed by atoms with Crippen molar-refractivity contribution in [3.05, 3.63) is 23.9 Å². The third kappa shape index (κ3) is 2.42. The summed E-state index contributed by atoms with van der Waals surface area (Å²) in [4.78, 5) is 6.89. The fraction of sp³-hybridized carbons (Fsp3) is 0.667. The van der Waals surface area contributed by atoms with E-state index in [1.165, 1.54) is 37.8 Å². The van der Waals surface area contributed by atoms with Crippen LogP contribution in [0.4, 0.5) is 5.82 Å². The molecule has 0 spiro atoms. The first-order chi connectivity index (χ1) is 8.76. The molecular weight excluding hydrogens is 288 g/mol. The van der Waals surface area contributed by atoms with Gasteiger partial charge >= 0.3 is 0 Å². The maximum Gasteiger partial charge on any atom is 0.128 e. The second-order valence-corrected chi connectivity index (χ2v) is 6.53. The van der Waals surface area contributed by atoms with Crippen LogP contribution in [0.25, 0.3) is 0 Å². The smallest absolute Gasteiger partial charge is 0.128 e. The predicted octanol–water partition coefficient (Wildman–Crippen LogP) is 3.85. The number of halogens is 1. The van der Waals surface area contributed by atoms with Gasteiger partial charge in [-0.2, -0.15) is 0 Å². The number of anilines is 1. The van der Waals surface area contributed by atoms with E-state index in [1.807, 2.05) is 6.20 Å². The molecule has 18 heavy (non-hydrogen) atoms. The van der Waals surface area contributed by atoms with Gasteiger partial charge in [0.1, 0.15) is 5.82 Å². The lowest BCUT2D eigenvalue weighted by Crippen LogP contribution is -2.29. The summed E-state index contributed by atoms with van der Waals surface area (Å²) in [6, 6.07) is 4.30. The van der Waals surface area contributed by atoms with Crippen molar-refractivity contribution in [3.63, 3.8) is 0 Å². The van der Waals surface area contributed by atoms with Crippen LogP contribution in [0.15, 0.2) is 18.3 Å². The Morgan fingerprint density at radius 1 is 1.33 bits per heavy atom. The summed E-state index contributed by atoms with van der Waals surface area (Å²) < 4.78 is 0. The van der Waals surface area contributed by atoms with E-state index in [4.69, 9.17) is 0 Å². The van der Waals surface area contributed by atoms with E-state index in [2.05, 4.69) is 45.0 Å². The summed E-state index contributed by atoms with van der Waals surface area (Å²) >= 11 is 3.46. The predicted molar refractivity (Wildman–Crippen MR) is 79.1 cm³/mol. The molecule has 0 saturated heterocycles. The Labute approximate surface area is 118 Å². The second kappa shape index (κ2) is 5.20. The second-order valence-electron chi connectivity index (χ2n) is 5.97. The van der Waals surface area contributed by atoms with E-state index in [0.717, 1.165) is 28.9 Å². The SMILES string of the molecule is CN(CC1CC2CCC1C2)c1ccc(CBr)cn1. The van der Waals surface area contributed by atoms with Gasteiger partial charge in [0.15, 0.2) is 0 Å². The molecule has 2 aliphatic rings. The van der Waals surface area contributed by atoms with Gasteiger partial charge < -0.3 is 4.90 Å². The maximum absolute atomic E-state index is 4.55. The molecule has 3 unspecified atom stereocenters. The van der Waals surface area contributed by atoms with Crippen LogP contribution < -0.4 is 4.90 Å². The topological polar surface area (TPSA) is 16.1 Å². The molecule has 2 nitrogen and oxygen atoms in total. The molecule has 1 aromatic rings. The zero-order valence-electron chi connectivity index (χ0n) is 11.0. The summed E-state index contributed by atoms with van der Waals surface area (Å²) in [6.07, 6.45) is 7.88. The molecule has 0 amide bonds. The number of hydrogen-bond acceptors (Lipinski definition) is 2. The van der Waals surface area contributed by atoms with Crippen molar-refractivity contribution in [2.24, 2.45) is 17.8 Å². The highest BCUT2D eigenvalue weighted by Crippen LogP contribution is 2.48. The molecule has 3 heteroatoms. The summed E-state index contributed by atoms with van der Waals surface area (Å²) in [5.74, 6) is 4.06. The molecule has 2 aliphatic carbocycles. The minimum atomic E-state index is 0.885. The van der Waals surface area contributed by atoms with Crippen LogP contribution in [0.5, 0.6) is 0 Å². The number of hydrogen-bond donors (Lipinski definition) is 0. The van der Waals surface area contributed by atoms with Crippen molar-refractivity contribution in [3.8, 4) is 0 Å². The van der Waals surface area contributed by atoms with E-state index in [9.17, 15) is 0 Å². The van der Waals surface area contributed by atoms with Crippen molar-refractivity contribution < 1.29 is 0 Å². The molecule has 3 atom stereocenters. The van der Waals surface area contributed by atoms with Crippen molar-refractivity contribution in [2.45, 2.75) is 31.0 Å². The van der Waals surface area contributed by atoms with Crippen LogP contribution >= 0.6 is 15.9 Å². The van der Waals surface area contributed by atoms with Crippen LogP contribution in [0.1, 0.15) is 31.2 Å². The van der Waals surface area contributed by atoms with E-state index in [-0.39, 0.29) is 0 Å². The van der Waals surface area contributed by atoms with Gasteiger partial charge in [0.25, 0.3) is 0 Å². The monoisotopic (exact) mass is 308 g/mol. The highest BCUT2D eigenvalue weighted by Gasteiger charge is 2.39. The summed E-state index contributed by atoms with van der Waals surface area (Å²) in [6.45, 7) is 1.18. The Bertz CT molecular complexity index is 403. The first kappa shape index (κ1) is 12.5. The largest absolute Gasteiger partial charge is 0.359 e. The van der Waals surface area contributed by atoms with Crippen molar-refractivity contribution in [1.82, 2.24) is 4.98 Å². The first-order valence-corrected chi connectivity index (χ1v) is 8.10. The van der Waals surface area contributed by atoms with Gasteiger partial charge in [-0.3, -0.25) is 0 Å². The van der Waals surface area contributed by atoms with Crippen molar-refractivity contribution >= 4 is 21.7 Å². The zero-order chi connectivity index (χ0) is 12.5. The third-order valence-electron chi connectivity index (χ3n) is 4.75. The molecule has 0 N–H and O–H groups in total. The lowest BCUT2D eigenvalue weighted by atomic mass is 9.88. The van der Waals surface area contributed by atoms with Gasteiger partial charge in [-0.15, -0.1) is 0 Å². The highest BCUT2D eigenvalue weighted by molar-refractivity contribution is 9.08.